The van der Waals surface area contributed by atoms with E-state index in [0.717, 1.165) is 47.3 Å². The zero-order chi connectivity index (χ0) is 29.9. The van der Waals surface area contributed by atoms with E-state index in [1.54, 1.807) is 59.5 Å². The van der Waals surface area contributed by atoms with Gasteiger partial charge in [0.25, 0.3) is 0 Å². The first-order valence-electron chi connectivity index (χ1n) is 13.4. The number of aromatic nitrogens is 4. The van der Waals surface area contributed by atoms with E-state index in [0.29, 0.717) is 22.9 Å². The third-order valence-electron chi connectivity index (χ3n) is 6.51. The summed E-state index contributed by atoms with van der Waals surface area (Å²) in [6.07, 6.45) is 7.12. The van der Waals surface area contributed by atoms with Crippen molar-refractivity contribution in [1.82, 2.24) is 19.9 Å². The highest BCUT2D eigenvalue weighted by Gasteiger charge is 2.14. The zero-order valence-corrected chi connectivity index (χ0v) is 24.6. The average Bonchev–Trinajstić information content (AvgIpc) is 3.79. The Kier molecular flexibility index (Phi) is 7.41. The number of nitrogens with one attached hydrogen (secondary N) is 2. The fourth-order valence-corrected chi connectivity index (χ4v) is 6.33. The van der Waals surface area contributed by atoms with E-state index in [1.807, 2.05) is 66.9 Å². The summed E-state index contributed by atoms with van der Waals surface area (Å²) in [4.78, 5) is 29.7. The van der Waals surface area contributed by atoms with Crippen molar-refractivity contribution in [3.8, 4) is 32.6 Å². The minimum Gasteiger partial charge on any atom is -0.454 e. The van der Waals surface area contributed by atoms with E-state index in [4.69, 9.17) is 15.2 Å². The zero-order valence-electron chi connectivity index (χ0n) is 22.9. The summed E-state index contributed by atoms with van der Waals surface area (Å²) in [5, 5.41) is 7.50. The lowest BCUT2D eigenvalue weighted by Gasteiger charge is -2.09. The molecule has 0 bridgehead atoms. The van der Waals surface area contributed by atoms with E-state index in [-0.39, 0.29) is 12.8 Å². The molecule has 12 heteroatoms. The maximum Gasteiger partial charge on any atom is 0.323 e. The molecule has 4 N–H and O–H groups in total. The molecule has 1 aliphatic heterocycles. The summed E-state index contributed by atoms with van der Waals surface area (Å²) in [7, 11) is 0. The standard InChI is InChI=1S/C20H14N4O3S.C12H9N3S/c25-20(23-14-4-5-16-17(9-14)27-11-26-16)22-13-3-1-2-12(8-13)19-24-15-6-7-21-10-18(15)28-19;13-9-3-1-2-8(6-9)12-15-10-4-5-14-7-11(10)16-12/h1-10H,11H2,(H2,22,23,25);1-7H,13H2. The molecule has 4 aromatic heterocycles. The number of urea groups is 1. The van der Waals surface area contributed by atoms with Gasteiger partial charge in [-0.15, -0.1) is 22.7 Å². The number of thiazole rings is 2. The number of nitrogens with two attached hydrogens (primary N) is 1. The maximum atomic E-state index is 12.4. The second-order valence-electron chi connectivity index (χ2n) is 9.58. The number of amides is 2. The highest BCUT2D eigenvalue weighted by atomic mass is 32.1. The normalized spacial score (nSPS) is 11.6. The Bertz CT molecular complexity index is 2060. The molecule has 1 aliphatic rings. The van der Waals surface area contributed by atoms with E-state index >= 15 is 0 Å². The Morgan fingerprint density at radius 2 is 1.32 bits per heavy atom. The first-order valence-corrected chi connectivity index (χ1v) is 15.1. The van der Waals surface area contributed by atoms with Gasteiger partial charge in [0, 0.05) is 59.0 Å². The summed E-state index contributed by atoms with van der Waals surface area (Å²) in [5.41, 5.74) is 11.7. The molecule has 2 amide bonds. The van der Waals surface area contributed by atoms with Crippen molar-refractivity contribution in [3.05, 3.63) is 104 Å². The number of hydrogen-bond acceptors (Lipinski definition) is 10. The molecule has 0 fully saturated rings. The van der Waals surface area contributed by atoms with Gasteiger partial charge in [0.2, 0.25) is 6.79 Å². The van der Waals surface area contributed by atoms with Crippen LogP contribution >= 0.6 is 22.7 Å². The lowest BCUT2D eigenvalue weighted by molar-refractivity contribution is 0.174. The minimum absolute atomic E-state index is 0.194. The first-order chi connectivity index (χ1) is 21.6. The van der Waals surface area contributed by atoms with E-state index < -0.39 is 0 Å². The highest BCUT2D eigenvalue weighted by Crippen LogP contribution is 2.35. The second-order valence-corrected chi connectivity index (χ2v) is 11.6. The summed E-state index contributed by atoms with van der Waals surface area (Å²) >= 11 is 3.19. The number of ether oxygens (including phenoxy) is 2. The number of nitrogen functional groups attached to an aromatic ring is 1. The van der Waals surface area contributed by atoms with Gasteiger partial charge in [-0.05, 0) is 48.5 Å². The van der Waals surface area contributed by atoms with Gasteiger partial charge >= 0.3 is 6.03 Å². The van der Waals surface area contributed by atoms with Crippen molar-refractivity contribution in [3.63, 3.8) is 0 Å². The maximum absolute atomic E-state index is 12.4. The molecule has 10 nitrogen and oxygen atoms in total. The van der Waals surface area contributed by atoms with Crippen molar-refractivity contribution < 1.29 is 14.3 Å². The van der Waals surface area contributed by atoms with Gasteiger partial charge in [-0.1, -0.05) is 24.3 Å². The van der Waals surface area contributed by atoms with Crippen LogP contribution < -0.4 is 25.8 Å². The molecule has 8 rings (SSSR count). The van der Waals surface area contributed by atoms with Crippen LogP contribution in [0.5, 0.6) is 11.5 Å². The van der Waals surface area contributed by atoms with Crippen LogP contribution in [0.2, 0.25) is 0 Å². The number of anilines is 3. The molecule has 216 valence electrons. The number of hydrogen-bond donors (Lipinski definition) is 3. The first kappa shape index (κ1) is 27.3. The molecule has 0 saturated carbocycles. The predicted molar refractivity (Wildman–Crippen MR) is 175 cm³/mol. The van der Waals surface area contributed by atoms with Crippen LogP contribution in [-0.2, 0) is 0 Å². The van der Waals surface area contributed by atoms with E-state index in [9.17, 15) is 4.79 Å². The number of rotatable bonds is 4. The van der Waals surface area contributed by atoms with E-state index in [2.05, 4.69) is 30.6 Å². The Hall–Kier alpha value is -5.59. The Morgan fingerprint density at radius 3 is 1.98 bits per heavy atom. The molecule has 44 heavy (non-hydrogen) atoms. The number of carbonyl (C=O) groups excluding carboxylic acids is 1. The van der Waals surface area contributed by atoms with Crippen LogP contribution in [0.15, 0.2) is 104 Å². The molecule has 0 unspecified atom stereocenters. The predicted octanol–water partition coefficient (Wildman–Crippen LogP) is 7.67. The van der Waals surface area contributed by atoms with Crippen molar-refractivity contribution in [2.24, 2.45) is 0 Å². The van der Waals surface area contributed by atoms with Crippen molar-refractivity contribution in [1.29, 1.82) is 0 Å². The SMILES string of the molecule is Nc1cccc(-c2nc3ccncc3s2)c1.O=C(Nc1cccc(-c2nc3ccncc3s2)c1)Nc1ccc2c(c1)OCO2. The van der Waals surface area contributed by atoms with Gasteiger partial charge < -0.3 is 25.8 Å². The Labute approximate surface area is 259 Å². The summed E-state index contributed by atoms with van der Waals surface area (Å²) < 4.78 is 12.7. The van der Waals surface area contributed by atoms with Gasteiger partial charge in [-0.3, -0.25) is 9.97 Å². The number of carbonyl (C=O) groups is 1. The highest BCUT2D eigenvalue weighted by molar-refractivity contribution is 7.22. The van der Waals surface area contributed by atoms with Crippen molar-refractivity contribution in [2.45, 2.75) is 0 Å². The fourth-order valence-electron chi connectivity index (χ4n) is 4.48. The number of pyridine rings is 2. The monoisotopic (exact) mass is 617 g/mol. The molecular formula is C32H23N7O3S2. The molecule has 0 saturated heterocycles. The van der Waals surface area contributed by atoms with Gasteiger partial charge in [0.05, 0.1) is 20.4 Å². The van der Waals surface area contributed by atoms with Crippen LogP contribution in [0.25, 0.3) is 41.6 Å². The summed E-state index contributed by atoms with van der Waals surface area (Å²) in [6.45, 7) is 0.194. The summed E-state index contributed by atoms with van der Waals surface area (Å²) in [5.74, 6) is 1.29. The number of nitrogens with zero attached hydrogens (tertiary/aromatic N) is 4. The van der Waals surface area contributed by atoms with Gasteiger partial charge in [-0.25, -0.2) is 14.8 Å². The van der Waals surface area contributed by atoms with Gasteiger partial charge in [0.1, 0.15) is 10.0 Å². The number of fused-ring (bicyclic) bond motifs is 3. The Morgan fingerprint density at radius 1 is 0.705 bits per heavy atom. The Balaban J connectivity index is 0.000000165. The molecule has 0 aliphatic carbocycles. The molecule has 3 aromatic carbocycles. The van der Waals surface area contributed by atoms with Crippen molar-refractivity contribution in [2.75, 3.05) is 23.2 Å². The van der Waals surface area contributed by atoms with Crippen molar-refractivity contribution >= 4 is 66.2 Å². The third kappa shape index (κ3) is 5.98. The molecule has 0 radical (unpaired) electrons. The molecule has 0 spiro atoms. The van der Waals surface area contributed by atoms with Crippen LogP contribution in [-0.4, -0.2) is 32.8 Å². The second kappa shape index (κ2) is 12.0. The smallest absolute Gasteiger partial charge is 0.323 e. The van der Waals surface area contributed by atoms with E-state index in [1.165, 1.54) is 0 Å². The third-order valence-corrected chi connectivity index (χ3v) is 8.62. The topological polar surface area (TPSA) is 137 Å². The lowest BCUT2D eigenvalue weighted by atomic mass is 10.2. The molecule has 0 atom stereocenters. The molecule has 5 heterocycles. The minimum atomic E-state index is -0.343. The van der Waals surface area contributed by atoms with Gasteiger partial charge in [-0.2, -0.15) is 0 Å². The van der Waals surface area contributed by atoms with Crippen LogP contribution in [0, 0.1) is 0 Å². The van der Waals surface area contributed by atoms with Crippen LogP contribution in [0.4, 0.5) is 21.9 Å². The molecular weight excluding hydrogens is 595 g/mol. The molecule has 7 aromatic rings. The number of benzene rings is 3. The van der Waals surface area contributed by atoms with Crippen LogP contribution in [0.3, 0.4) is 0 Å². The van der Waals surface area contributed by atoms with Gasteiger partial charge in [0.15, 0.2) is 11.5 Å². The quantitative estimate of drug-likeness (QED) is 0.171. The fraction of sp³-hybridized carbons (Fsp3) is 0.0312. The largest absolute Gasteiger partial charge is 0.454 e. The lowest BCUT2D eigenvalue weighted by Crippen LogP contribution is -2.19. The average molecular weight is 618 g/mol. The summed E-state index contributed by atoms with van der Waals surface area (Å²) in [6, 6.07) is 24.1. The van der Waals surface area contributed by atoms with Crippen LogP contribution in [0.1, 0.15) is 0 Å².